The van der Waals surface area contributed by atoms with Crippen LogP contribution in [0.2, 0.25) is 0 Å². The Hall–Kier alpha value is -0.0500. The second-order valence-electron chi connectivity index (χ2n) is 5.78. The monoisotopic (exact) mass is 318 g/mol. The quantitative estimate of drug-likeness (QED) is 0.471. The minimum absolute atomic E-state index is 0.370. The van der Waals surface area contributed by atoms with Crippen molar-refractivity contribution < 1.29 is 9.90 Å². The molecule has 1 unspecified atom stereocenters. The molecule has 1 fully saturated rings. The first-order chi connectivity index (χ1) is 8.60. The van der Waals surface area contributed by atoms with Gasteiger partial charge in [0.25, 0.3) is 0 Å². The van der Waals surface area contributed by atoms with Crippen LogP contribution in [0.25, 0.3) is 0 Å². The number of hydrogen-bond acceptors (Lipinski definition) is 1. The van der Waals surface area contributed by atoms with Crippen molar-refractivity contribution in [3.8, 4) is 0 Å². The lowest BCUT2D eigenvalue weighted by Crippen LogP contribution is -2.27. The van der Waals surface area contributed by atoms with Gasteiger partial charge >= 0.3 is 5.97 Å². The summed E-state index contributed by atoms with van der Waals surface area (Å²) >= 11 is 3.72. The molecule has 1 atom stereocenters. The van der Waals surface area contributed by atoms with Gasteiger partial charge in [-0.1, -0.05) is 61.4 Å². The molecule has 3 heteroatoms. The van der Waals surface area contributed by atoms with Crippen LogP contribution in [0.4, 0.5) is 0 Å². The number of carboxylic acid groups (broad SMARTS) is 1. The lowest BCUT2D eigenvalue weighted by Gasteiger charge is -2.23. The van der Waals surface area contributed by atoms with E-state index in [0.717, 1.165) is 44.9 Å². The van der Waals surface area contributed by atoms with E-state index in [4.69, 9.17) is 0 Å². The molecule has 0 bridgehead atoms. The fourth-order valence-electron chi connectivity index (χ4n) is 3.02. The molecule has 0 heterocycles. The zero-order valence-corrected chi connectivity index (χ0v) is 13.2. The van der Waals surface area contributed by atoms with E-state index in [0.29, 0.717) is 4.83 Å². The van der Waals surface area contributed by atoms with Crippen LogP contribution in [-0.2, 0) is 4.79 Å². The summed E-state index contributed by atoms with van der Waals surface area (Å²) in [6.45, 7) is 2.22. The van der Waals surface area contributed by atoms with E-state index in [-0.39, 0.29) is 5.41 Å². The number of alkyl halides is 1. The average Bonchev–Trinajstić information content (AvgIpc) is 2.82. The van der Waals surface area contributed by atoms with Crippen LogP contribution in [0, 0.1) is 5.41 Å². The SMILES string of the molecule is CCCCC(Br)CCCCC1(C(=O)O)CCCC1. The van der Waals surface area contributed by atoms with Gasteiger partial charge in [-0.2, -0.15) is 0 Å². The Morgan fingerprint density at radius 3 is 2.39 bits per heavy atom. The standard InChI is InChI=1S/C15H27BrO2/c1-2-3-8-13(16)9-4-5-10-15(14(17)18)11-6-7-12-15/h13H,2-12H2,1H3,(H,17,18). The number of hydrogen-bond donors (Lipinski definition) is 1. The Labute approximate surface area is 120 Å². The summed E-state index contributed by atoms with van der Waals surface area (Å²) in [7, 11) is 0. The molecule has 0 aromatic carbocycles. The molecule has 0 aromatic rings. The number of unbranched alkanes of at least 4 members (excludes halogenated alkanes) is 2. The van der Waals surface area contributed by atoms with Gasteiger partial charge in [0.2, 0.25) is 0 Å². The van der Waals surface area contributed by atoms with Gasteiger partial charge in [0.05, 0.1) is 5.41 Å². The van der Waals surface area contributed by atoms with Crippen molar-refractivity contribution in [3.63, 3.8) is 0 Å². The molecule has 1 aliphatic rings. The molecule has 18 heavy (non-hydrogen) atoms. The summed E-state index contributed by atoms with van der Waals surface area (Å²) in [4.78, 5) is 12.0. The molecule has 0 aromatic heterocycles. The van der Waals surface area contributed by atoms with E-state index >= 15 is 0 Å². The third-order valence-electron chi connectivity index (χ3n) is 4.31. The molecule has 0 aliphatic heterocycles. The maximum absolute atomic E-state index is 11.4. The summed E-state index contributed by atoms with van der Waals surface area (Å²) < 4.78 is 0. The van der Waals surface area contributed by atoms with E-state index in [1.165, 1.54) is 25.7 Å². The second-order valence-corrected chi connectivity index (χ2v) is 7.07. The van der Waals surface area contributed by atoms with Gasteiger partial charge in [-0.15, -0.1) is 0 Å². The minimum Gasteiger partial charge on any atom is -0.481 e. The van der Waals surface area contributed by atoms with E-state index in [9.17, 15) is 9.90 Å². The average molecular weight is 319 g/mol. The van der Waals surface area contributed by atoms with Crippen molar-refractivity contribution in [2.75, 3.05) is 0 Å². The van der Waals surface area contributed by atoms with Gasteiger partial charge in [0.1, 0.15) is 0 Å². The van der Waals surface area contributed by atoms with Crippen LogP contribution in [-0.4, -0.2) is 15.9 Å². The Morgan fingerprint density at radius 1 is 1.22 bits per heavy atom. The van der Waals surface area contributed by atoms with Crippen LogP contribution >= 0.6 is 15.9 Å². The van der Waals surface area contributed by atoms with E-state index in [1.54, 1.807) is 0 Å². The van der Waals surface area contributed by atoms with Crippen LogP contribution in [0.1, 0.15) is 77.6 Å². The highest BCUT2D eigenvalue weighted by molar-refractivity contribution is 9.09. The Balaban J connectivity index is 2.18. The van der Waals surface area contributed by atoms with Crippen LogP contribution in [0.5, 0.6) is 0 Å². The second kappa shape index (κ2) is 8.19. The molecule has 1 aliphatic carbocycles. The summed E-state index contributed by atoms with van der Waals surface area (Å²) in [6, 6.07) is 0. The first kappa shape index (κ1) is 16.0. The minimum atomic E-state index is -0.554. The Kier molecular flexibility index (Phi) is 7.28. The lowest BCUT2D eigenvalue weighted by atomic mass is 9.81. The fraction of sp³-hybridized carbons (Fsp3) is 0.933. The van der Waals surface area contributed by atoms with E-state index in [1.807, 2.05) is 0 Å². The van der Waals surface area contributed by atoms with Gasteiger partial charge in [-0.25, -0.2) is 0 Å². The predicted molar refractivity (Wildman–Crippen MR) is 79.2 cm³/mol. The van der Waals surface area contributed by atoms with Gasteiger partial charge < -0.3 is 5.11 Å². The maximum Gasteiger partial charge on any atom is 0.309 e. The topological polar surface area (TPSA) is 37.3 Å². The number of carboxylic acids is 1. The Morgan fingerprint density at radius 2 is 1.83 bits per heavy atom. The molecule has 2 nitrogen and oxygen atoms in total. The summed E-state index contributed by atoms with van der Waals surface area (Å²) in [5.74, 6) is -0.554. The van der Waals surface area contributed by atoms with Crippen molar-refractivity contribution >= 4 is 21.9 Å². The fourth-order valence-corrected chi connectivity index (χ4v) is 3.67. The zero-order chi connectivity index (χ0) is 13.4. The van der Waals surface area contributed by atoms with Crippen LogP contribution in [0.3, 0.4) is 0 Å². The Bertz CT molecular complexity index is 247. The normalized spacial score (nSPS) is 19.9. The van der Waals surface area contributed by atoms with Crippen LogP contribution < -0.4 is 0 Å². The van der Waals surface area contributed by atoms with Crippen molar-refractivity contribution in [1.29, 1.82) is 0 Å². The molecule has 1 rings (SSSR count). The summed E-state index contributed by atoms with van der Waals surface area (Å²) in [6.07, 6.45) is 12.1. The third-order valence-corrected chi connectivity index (χ3v) is 5.22. The maximum atomic E-state index is 11.4. The van der Waals surface area contributed by atoms with Gasteiger partial charge in [0.15, 0.2) is 0 Å². The molecule has 1 N–H and O–H groups in total. The van der Waals surface area contributed by atoms with E-state index in [2.05, 4.69) is 22.9 Å². The largest absolute Gasteiger partial charge is 0.481 e. The third kappa shape index (κ3) is 4.91. The first-order valence-electron chi connectivity index (χ1n) is 7.48. The molecular formula is C15H27BrO2. The van der Waals surface area contributed by atoms with Gasteiger partial charge in [-0.3, -0.25) is 4.79 Å². The zero-order valence-electron chi connectivity index (χ0n) is 11.6. The lowest BCUT2D eigenvalue weighted by molar-refractivity contribution is -0.149. The molecule has 0 saturated heterocycles. The molecule has 0 amide bonds. The number of aliphatic carboxylic acids is 1. The molecular weight excluding hydrogens is 292 g/mol. The van der Waals surface area contributed by atoms with Crippen molar-refractivity contribution in [1.82, 2.24) is 0 Å². The van der Waals surface area contributed by atoms with Crippen molar-refractivity contribution in [2.24, 2.45) is 5.41 Å². The smallest absolute Gasteiger partial charge is 0.309 e. The van der Waals surface area contributed by atoms with Crippen molar-refractivity contribution in [3.05, 3.63) is 0 Å². The molecule has 1 saturated carbocycles. The van der Waals surface area contributed by atoms with Crippen molar-refractivity contribution in [2.45, 2.75) is 82.4 Å². The van der Waals surface area contributed by atoms with Gasteiger partial charge in [-0.05, 0) is 32.1 Å². The number of halogens is 1. The number of carbonyl (C=O) groups is 1. The highest BCUT2D eigenvalue weighted by atomic mass is 79.9. The van der Waals surface area contributed by atoms with Gasteiger partial charge in [0, 0.05) is 4.83 Å². The highest BCUT2D eigenvalue weighted by Crippen LogP contribution is 2.42. The highest BCUT2D eigenvalue weighted by Gasteiger charge is 2.40. The molecule has 0 radical (unpaired) electrons. The van der Waals surface area contributed by atoms with E-state index < -0.39 is 5.97 Å². The summed E-state index contributed by atoms with van der Waals surface area (Å²) in [5, 5.41) is 9.38. The summed E-state index contributed by atoms with van der Waals surface area (Å²) in [5.41, 5.74) is -0.370. The number of rotatable bonds is 9. The molecule has 106 valence electrons. The first-order valence-corrected chi connectivity index (χ1v) is 8.40. The molecule has 0 spiro atoms. The van der Waals surface area contributed by atoms with Crippen LogP contribution in [0.15, 0.2) is 0 Å². The predicted octanol–water partition coefficient (Wildman–Crippen LogP) is 5.15.